The molecular weight excluding hydrogens is 206 g/mol. The lowest BCUT2D eigenvalue weighted by atomic mass is 10.5. The zero-order valence-corrected chi connectivity index (χ0v) is 9.12. The highest BCUT2D eigenvalue weighted by Crippen LogP contribution is 2.20. The first-order valence-corrected chi connectivity index (χ1v) is 5.55. The van der Waals surface area contributed by atoms with Crippen LogP contribution >= 0.6 is 0 Å². The molecular formula is C7H11NO5Si. The molecule has 0 fully saturated rings. The van der Waals surface area contributed by atoms with Crippen molar-refractivity contribution in [2.45, 2.75) is 0 Å². The van der Waals surface area contributed by atoms with E-state index in [0.717, 1.165) is 6.08 Å². The maximum atomic E-state index is 11.3. The van der Waals surface area contributed by atoms with Crippen molar-refractivity contribution in [3.63, 3.8) is 0 Å². The smallest absolute Gasteiger partial charge is 0.373 e. The van der Waals surface area contributed by atoms with Crippen LogP contribution in [0.25, 0.3) is 0 Å². The second-order valence-electron chi connectivity index (χ2n) is 2.54. The molecule has 0 radical (unpaired) electrons. The van der Waals surface area contributed by atoms with Crippen molar-refractivity contribution >= 4 is 20.6 Å². The Kier molecular flexibility index (Phi) is 3.16. The van der Waals surface area contributed by atoms with Gasteiger partial charge in [0.25, 0.3) is 11.8 Å². The SMILES string of the molecule is CO[Si](OC)(OC)C1=CC(=O)NC1=O. The summed E-state index contributed by atoms with van der Waals surface area (Å²) in [5, 5.41) is 2.23. The fraction of sp³-hybridized carbons (Fsp3) is 0.429. The zero-order chi connectivity index (χ0) is 10.8. The molecule has 6 nitrogen and oxygen atoms in total. The van der Waals surface area contributed by atoms with Crippen LogP contribution in [0.15, 0.2) is 11.3 Å². The first kappa shape index (κ1) is 11.1. The summed E-state index contributed by atoms with van der Waals surface area (Å²) in [6, 6.07) is 0. The summed E-state index contributed by atoms with van der Waals surface area (Å²) < 4.78 is 15.2. The van der Waals surface area contributed by atoms with E-state index in [1.165, 1.54) is 21.3 Å². The Balaban J connectivity index is 3.05. The topological polar surface area (TPSA) is 73.9 Å². The maximum absolute atomic E-state index is 11.3. The van der Waals surface area contributed by atoms with Gasteiger partial charge in [0.05, 0.1) is 5.20 Å². The Morgan fingerprint density at radius 1 is 1.14 bits per heavy atom. The van der Waals surface area contributed by atoms with E-state index in [-0.39, 0.29) is 5.20 Å². The van der Waals surface area contributed by atoms with Gasteiger partial charge in [-0.1, -0.05) is 0 Å². The highest BCUT2D eigenvalue weighted by atomic mass is 28.4. The molecule has 2 amide bonds. The van der Waals surface area contributed by atoms with Gasteiger partial charge in [-0.15, -0.1) is 0 Å². The molecule has 1 aliphatic heterocycles. The van der Waals surface area contributed by atoms with Crippen LogP contribution in [0.5, 0.6) is 0 Å². The van der Waals surface area contributed by atoms with E-state index in [9.17, 15) is 9.59 Å². The second kappa shape index (κ2) is 4.01. The van der Waals surface area contributed by atoms with Gasteiger partial charge in [-0.25, -0.2) is 0 Å². The molecule has 0 unspecified atom stereocenters. The minimum atomic E-state index is -3.16. The first-order chi connectivity index (χ1) is 6.59. The van der Waals surface area contributed by atoms with Gasteiger partial charge in [-0.3, -0.25) is 14.9 Å². The molecule has 0 bridgehead atoms. The highest BCUT2D eigenvalue weighted by molar-refractivity contribution is 6.75. The zero-order valence-electron chi connectivity index (χ0n) is 8.12. The van der Waals surface area contributed by atoms with Gasteiger partial charge < -0.3 is 13.3 Å². The van der Waals surface area contributed by atoms with Crippen LogP contribution in [0.3, 0.4) is 0 Å². The van der Waals surface area contributed by atoms with Gasteiger partial charge >= 0.3 is 8.80 Å². The third kappa shape index (κ3) is 1.62. The van der Waals surface area contributed by atoms with Crippen LogP contribution in [0.1, 0.15) is 0 Å². The van der Waals surface area contributed by atoms with Crippen LogP contribution < -0.4 is 5.32 Å². The molecule has 14 heavy (non-hydrogen) atoms. The Hall–Kier alpha value is -1.02. The van der Waals surface area contributed by atoms with Gasteiger partial charge in [0, 0.05) is 27.4 Å². The van der Waals surface area contributed by atoms with Gasteiger partial charge in [0.1, 0.15) is 0 Å². The third-order valence-corrected chi connectivity index (χ3v) is 4.54. The monoisotopic (exact) mass is 217 g/mol. The van der Waals surface area contributed by atoms with E-state index >= 15 is 0 Å². The predicted octanol–water partition coefficient (Wildman–Crippen LogP) is -1.01. The van der Waals surface area contributed by atoms with Crippen molar-refractivity contribution in [3.8, 4) is 0 Å². The Bertz CT molecular complexity index is 288. The van der Waals surface area contributed by atoms with E-state index in [2.05, 4.69) is 5.32 Å². The van der Waals surface area contributed by atoms with E-state index < -0.39 is 20.6 Å². The predicted molar refractivity (Wildman–Crippen MR) is 48.0 cm³/mol. The van der Waals surface area contributed by atoms with Crippen molar-refractivity contribution in [2.24, 2.45) is 0 Å². The standard InChI is InChI=1S/C7H11NO5Si/c1-11-14(12-2,13-3)5-4-6(9)8-7(5)10/h4H,1-3H3,(H,8,9,10). The van der Waals surface area contributed by atoms with E-state index in [1.54, 1.807) is 0 Å². The number of nitrogens with one attached hydrogen (secondary N) is 1. The molecule has 0 aromatic heterocycles. The Morgan fingerprint density at radius 3 is 1.93 bits per heavy atom. The van der Waals surface area contributed by atoms with Gasteiger partial charge in [-0.2, -0.15) is 0 Å². The largest absolute Gasteiger partial charge is 0.542 e. The number of carbonyl (C=O) groups is 2. The molecule has 1 aliphatic rings. The molecule has 0 saturated heterocycles. The number of amides is 2. The average molecular weight is 217 g/mol. The second-order valence-corrected chi connectivity index (χ2v) is 5.42. The quantitative estimate of drug-likeness (QED) is 0.482. The summed E-state index contributed by atoms with van der Waals surface area (Å²) >= 11 is 0. The fourth-order valence-electron chi connectivity index (χ4n) is 1.22. The van der Waals surface area contributed by atoms with Gasteiger partial charge in [0.15, 0.2) is 0 Å². The van der Waals surface area contributed by atoms with Crippen molar-refractivity contribution in [1.29, 1.82) is 0 Å². The van der Waals surface area contributed by atoms with Crippen LogP contribution in [0.2, 0.25) is 0 Å². The third-order valence-electron chi connectivity index (χ3n) is 1.89. The van der Waals surface area contributed by atoms with Crippen molar-refractivity contribution in [2.75, 3.05) is 21.3 Å². The van der Waals surface area contributed by atoms with E-state index in [4.69, 9.17) is 13.3 Å². The lowest BCUT2D eigenvalue weighted by Gasteiger charge is -2.23. The molecule has 1 heterocycles. The van der Waals surface area contributed by atoms with Gasteiger partial charge in [0.2, 0.25) is 0 Å². The summed E-state index contributed by atoms with van der Waals surface area (Å²) in [5.41, 5.74) is 0. The number of carbonyl (C=O) groups excluding carboxylic acids is 2. The first-order valence-electron chi connectivity index (χ1n) is 3.82. The molecule has 1 N–H and O–H groups in total. The number of imide groups is 1. The number of hydrogen-bond donors (Lipinski definition) is 1. The lowest BCUT2D eigenvalue weighted by Crippen LogP contribution is -2.48. The Labute approximate surface area is 82.2 Å². The summed E-state index contributed by atoms with van der Waals surface area (Å²) in [7, 11) is 0.953. The molecule has 78 valence electrons. The minimum absolute atomic E-state index is 0.134. The average Bonchev–Trinajstić information content (AvgIpc) is 2.51. The molecule has 7 heteroatoms. The minimum Gasteiger partial charge on any atom is -0.373 e. The van der Waals surface area contributed by atoms with E-state index in [1.807, 2.05) is 0 Å². The number of rotatable bonds is 4. The molecule has 0 aromatic rings. The molecule has 0 atom stereocenters. The Morgan fingerprint density at radius 2 is 1.64 bits per heavy atom. The van der Waals surface area contributed by atoms with Crippen LogP contribution in [0, 0.1) is 0 Å². The van der Waals surface area contributed by atoms with Crippen LogP contribution in [-0.4, -0.2) is 41.9 Å². The lowest BCUT2D eigenvalue weighted by molar-refractivity contribution is -0.123. The molecule has 0 spiro atoms. The van der Waals surface area contributed by atoms with E-state index in [0.29, 0.717) is 0 Å². The number of hydrogen-bond acceptors (Lipinski definition) is 5. The van der Waals surface area contributed by atoms with Crippen LogP contribution in [-0.2, 0) is 22.9 Å². The highest BCUT2D eigenvalue weighted by Gasteiger charge is 2.49. The summed E-state index contributed by atoms with van der Waals surface area (Å²) in [6.45, 7) is 0. The maximum Gasteiger partial charge on any atom is 0.542 e. The normalized spacial score (nSPS) is 16.9. The van der Waals surface area contributed by atoms with Gasteiger partial charge in [-0.05, 0) is 0 Å². The molecule has 0 aromatic carbocycles. The molecule has 0 aliphatic carbocycles. The fourth-order valence-corrected chi connectivity index (χ4v) is 3.03. The van der Waals surface area contributed by atoms with Crippen molar-refractivity contribution in [1.82, 2.24) is 5.32 Å². The van der Waals surface area contributed by atoms with Crippen molar-refractivity contribution < 1.29 is 22.9 Å². The molecule has 0 saturated carbocycles. The summed E-state index contributed by atoms with van der Waals surface area (Å²) in [4.78, 5) is 22.2. The summed E-state index contributed by atoms with van der Waals surface area (Å²) in [5.74, 6) is -1.000. The van der Waals surface area contributed by atoms with Crippen molar-refractivity contribution in [3.05, 3.63) is 11.3 Å². The summed E-state index contributed by atoms with van der Waals surface area (Å²) in [6.07, 6.45) is 1.14. The molecule has 1 rings (SSSR count). The van der Waals surface area contributed by atoms with Crippen LogP contribution in [0.4, 0.5) is 0 Å².